The topological polar surface area (TPSA) is 61.7 Å². The summed E-state index contributed by atoms with van der Waals surface area (Å²) in [6, 6.07) is 5.51. The molecule has 1 atom stereocenters. The van der Waals surface area contributed by atoms with E-state index in [1.807, 2.05) is 18.2 Å². The summed E-state index contributed by atoms with van der Waals surface area (Å²) in [6.45, 7) is 0.0690. The van der Waals surface area contributed by atoms with E-state index < -0.39 is 6.10 Å². The highest BCUT2D eigenvalue weighted by Crippen LogP contribution is 2.27. The van der Waals surface area contributed by atoms with Crippen LogP contribution in [0.4, 0.5) is 5.69 Å². The van der Waals surface area contributed by atoms with Crippen LogP contribution in [0, 0.1) is 0 Å². The maximum Gasteiger partial charge on any atom is 0.133 e. The number of hydrogen-bond donors (Lipinski definition) is 3. The van der Waals surface area contributed by atoms with Crippen LogP contribution in [-0.2, 0) is 0 Å². The zero-order chi connectivity index (χ0) is 11.3. The number of halogens is 1. The molecule has 3 N–H and O–H groups in total. The van der Waals surface area contributed by atoms with Crippen molar-refractivity contribution in [2.24, 2.45) is 0 Å². The summed E-state index contributed by atoms with van der Waals surface area (Å²) in [5.41, 5.74) is 0.857. The van der Waals surface area contributed by atoms with E-state index in [9.17, 15) is 0 Å². The van der Waals surface area contributed by atoms with Gasteiger partial charge in [0, 0.05) is 12.2 Å². The van der Waals surface area contributed by atoms with E-state index in [2.05, 4.69) is 21.2 Å². The molecular weight excluding hydrogens is 262 g/mol. The Bertz CT molecular complexity index is 320. The second kappa shape index (κ2) is 5.95. The van der Waals surface area contributed by atoms with Gasteiger partial charge in [-0.1, -0.05) is 0 Å². The summed E-state index contributed by atoms with van der Waals surface area (Å²) in [5, 5.41) is 20.8. The predicted octanol–water partition coefficient (Wildman–Crippen LogP) is 1.22. The number of anilines is 1. The molecule has 1 aromatic rings. The number of aliphatic hydroxyl groups excluding tert-OH is 2. The van der Waals surface area contributed by atoms with Crippen molar-refractivity contribution in [1.29, 1.82) is 0 Å². The van der Waals surface area contributed by atoms with Gasteiger partial charge in [-0.15, -0.1) is 0 Å². The first kappa shape index (κ1) is 12.3. The van der Waals surface area contributed by atoms with E-state index in [0.29, 0.717) is 6.54 Å². The Balaban J connectivity index is 2.59. The fourth-order valence-electron chi connectivity index (χ4n) is 1.08. The molecule has 0 saturated heterocycles. The number of hydrogen-bond acceptors (Lipinski definition) is 4. The van der Waals surface area contributed by atoms with Crippen LogP contribution >= 0.6 is 15.9 Å². The van der Waals surface area contributed by atoms with Crippen molar-refractivity contribution in [2.75, 3.05) is 25.6 Å². The fourth-order valence-corrected chi connectivity index (χ4v) is 1.62. The summed E-state index contributed by atoms with van der Waals surface area (Å²) in [5.74, 6) is 0.753. The molecule has 84 valence electrons. The van der Waals surface area contributed by atoms with E-state index in [-0.39, 0.29) is 6.61 Å². The van der Waals surface area contributed by atoms with Crippen molar-refractivity contribution >= 4 is 21.6 Å². The summed E-state index contributed by atoms with van der Waals surface area (Å²) in [6.07, 6.45) is -0.745. The number of methoxy groups -OCH3 is 1. The fraction of sp³-hybridized carbons (Fsp3) is 0.400. The molecule has 0 saturated carbocycles. The van der Waals surface area contributed by atoms with Gasteiger partial charge in [-0.25, -0.2) is 0 Å². The summed E-state index contributed by atoms with van der Waals surface area (Å²) in [7, 11) is 1.60. The Labute approximate surface area is 97.0 Å². The number of aliphatic hydroxyl groups is 2. The number of ether oxygens (including phenoxy) is 1. The van der Waals surface area contributed by atoms with E-state index in [4.69, 9.17) is 14.9 Å². The molecule has 0 spiro atoms. The van der Waals surface area contributed by atoms with Gasteiger partial charge in [-0.2, -0.15) is 0 Å². The van der Waals surface area contributed by atoms with Crippen LogP contribution in [0.3, 0.4) is 0 Å². The van der Waals surface area contributed by atoms with Gasteiger partial charge in [0.05, 0.1) is 24.3 Å². The van der Waals surface area contributed by atoms with Crippen LogP contribution in [-0.4, -0.2) is 36.6 Å². The molecule has 1 aromatic carbocycles. The SMILES string of the molecule is COc1ccc(NCC(O)CO)cc1Br. The average molecular weight is 276 g/mol. The Morgan fingerprint density at radius 3 is 2.80 bits per heavy atom. The molecule has 0 heterocycles. The van der Waals surface area contributed by atoms with E-state index >= 15 is 0 Å². The lowest BCUT2D eigenvalue weighted by Crippen LogP contribution is -2.22. The van der Waals surface area contributed by atoms with Gasteiger partial charge in [-0.3, -0.25) is 0 Å². The molecule has 0 aliphatic rings. The molecule has 0 aliphatic heterocycles. The average Bonchev–Trinajstić information content (AvgIpc) is 2.26. The first-order chi connectivity index (χ1) is 7.17. The van der Waals surface area contributed by atoms with Crippen molar-refractivity contribution in [1.82, 2.24) is 0 Å². The van der Waals surface area contributed by atoms with E-state index in [1.54, 1.807) is 7.11 Å². The zero-order valence-corrected chi connectivity index (χ0v) is 9.99. The number of benzene rings is 1. The highest BCUT2D eigenvalue weighted by atomic mass is 79.9. The number of nitrogens with one attached hydrogen (secondary N) is 1. The summed E-state index contributed by atoms with van der Waals surface area (Å²) >= 11 is 3.35. The maximum atomic E-state index is 9.14. The van der Waals surface area contributed by atoms with Crippen molar-refractivity contribution in [2.45, 2.75) is 6.10 Å². The molecule has 15 heavy (non-hydrogen) atoms. The highest BCUT2D eigenvalue weighted by Gasteiger charge is 2.03. The highest BCUT2D eigenvalue weighted by molar-refractivity contribution is 9.10. The van der Waals surface area contributed by atoms with Crippen LogP contribution in [0.5, 0.6) is 5.75 Å². The van der Waals surface area contributed by atoms with Gasteiger partial charge in [0.1, 0.15) is 5.75 Å². The Hall–Kier alpha value is -0.780. The van der Waals surface area contributed by atoms with Crippen molar-refractivity contribution < 1.29 is 14.9 Å². The maximum absolute atomic E-state index is 9.14. The quantitative estimate of drug-likeness (QED) is 0.756. The lowest BCUT2D eigenvalue weighted by molar-refractivity contribution is 0.105. The Morgan fingerprint density at radius 1 is 1.53 bits per heavy atom. The normalized spacial score (nSPS) is 12.3. The predicted molar refractivity (Wildman–Crippen MR) is 62.3 cm³/mol. The third kappa shape index (κ3) is 3.70. The monoisotopic (exact) mass is 275 g/mol. The lowest BCUT2D eigenvalue weighted by Gasteiger charge is -2.11. The van der Waals surface area contributed by atoms with Crippen molar-refractivity contribution in [3.8, 4) is 5.75 Å². The standard InChI is InChI=1S/C10H14BrNO3/c1-15-10-3-2-7(4-9(10)11)12-5-8(14)6-13/h2-4,8,12-14H,5-6H2,1H3. The largest absolute Gasteiger partial charge is 0.496 e. The van der Waals surface area contributed by atoms with Crippen molar-refractivity contribution in [3.05, 3.63) is 22.7 Å². The first-order valence-electron chi connectivity index (χ1n) is 4.53. The Kier molecular flexibility index (Phi) is 4.87. The van der Waals surface area contributed by atoms with Gasteiger partial charge in [0.2, 0.25) is 0 Å². The lowest BCUT2D eigenvalue weighted by atomic mass is 10.3. The third-order valence-corrected chi connectivity index (χ3v) is 2.52. The van der Waals surface area contributed by atoms with Crippen LogP contribution in [0.2, 0.25) is 0 Å². The van der Waals surface area contributed by atoms with Gasteiger partial charge >= 0.3 is 0 Å². The second-order valence-corrected chi connectivity index (χ2v) is 3.92. The molecular formula is C10H14BrNO3. The molecule has 0 aliphatic carbocycles. The van der Waals surface area contributed by atoms with Gasteiger partial charge in [-0.05, 0) is 34.1 Å². The minimum absolute atomic E-state index is 0.246. The zero-order valence-electron chi connectivity index (χ0n) is 8.40. The molecule has 0 amide bonds. The summed E-state index contributed by atoms with van der Waals surface area (Å²) < 4.78 is 5.92. The van der Waals surface area contributed by atoms with Crippen LogP contribution in [0.1, 0.15) is 0 Å². The van der Waals surface area contributed by atoms with Gasteiger partial charge in [0.15, 0.2) is 0 Å². The number of rotatable bonds is 5. The van der Waals surface area contributed by atoms with Crippen LogP contribution in [0.25, 0.3) is 0 Å². The molecule has 0 fully saturated rings. The van der Waals surface area contributed by atoms with E-state index in [1.165, 1.54) is 0 Å². The molecule has 5 heteroatoms. The first-order valence-corrected chi connectivity index (χ1v) is 5.33. The smallest absolute Gasteiger partial charge is 0.133 e. The molecule has 1 unspecified atom stereocenters. The minimum Gasteiger partial charge on any atom is -0.496 e. The molecule has 0 bridgehead atoms. The molecule has 1 rings (SSSR count). The summed E-state index contributed by atoms with van der Waals surface area (Å²) in [4.78, 5) is 0. The van der Waals surface area contributed by atoms with Gasteiger partial charge in [0.25, 0.3) is 0 Å². The van der Waals surface area contributed by atoms with Crippen LogP contribution < -0.4 is 10.1 Å². The van der Waals surface area contributed by atoms with Gasteiger partial charge < -0.3 is 20.3 Å². The van der Waals surface area contributed by atoms with Crippen LogP contribution in [0.15, 0.2) is 22.7 Å². The second-order valence-electron chi connectivity index (χ2n) is 3.07. The Morgan fingerprint density at radius 2 is 2.27 bits per heavy atom. The third-order valence-electron chi connectivity index (χ3n) is 1.90. The van der Waals surface area contributed by atoms with E-state index in [0.717, 1.165) is 15.9 Å². The molecule has 4 nitrogen and oxygen atoms in total. The molecule has 0 aromatic heterocycles. The van der Waals surface area contributed by atoms with Crippen molar-refractivity contribution in [3.63, 3.8) is 0 Å². The minimum atomic E-state index is -0.745. The molecule has 0 radical (unpaired) electrons.